The van der Waals surface area contributed by atoms with Crippen LogP contribution in [0.25, 0.3) is 0 Å². The van der Waals surface area contributed by atoms with Gasteiger partial charge in [0.25, 0.3) is 0 Å². The van der Waals surface area contributed by atoms with Gasteiger partial charge < -0.3 is 19.7 Å². The lowest BCUT2D eigenvalue weighted by Gasteiger charge is -2.22. The van der Waals surface area contributed by atoms with Crippen molar-refractivity contribution >= 4 is 10.0 Å². The van der Waals surface area contributed by atoms with E-state index in [1.54, 1.807) is 0 Å². The van der Waals surface area contributed by atoms with Crippen molar-refractivity contribution < 1.29 is 28.1 Å². The number of aromatic hydroxyl groups is 1. The molecule has 0 aromatic heterocycles. The summed E-state index contributed by atoms with van der Waals surface area (Å²) in [5.41, 5.74) is 0. The molecular formula is C13H19NO6S. The van der Waals surface area contributed by atoms with Crippen LogP contribution in [0, 0.1) is 0 Å². The van der Waals surface area contributed by atoms with Crippen LogP contribution >= 0.6 is 0 Å². The number of sulfonamides is 1. The highest BCUT2D eigenvalue weighted by Crippen LogP contribution is 2.32. The van der Waals surface area contributed by atoms with Gasteiger partial charge in [-0.05, 0) is 18.6 Å². The second-order valence-corrected chi connectivity index (χ2v) is 6.73. The number of aliphatic hydroxyl groups excluding tert-OH is 1. The second kappa shape index (κ2) is 6.18. The van der Waals surface area contributed by atoms with E-state index in [1.807, 2.05) is 0 Å². The van der Waals surface area contributed by atoms with Gasteiger partial charge in [0.05, 0.1) is 30.8 Å². The van der Waals surface area contributed by atoms with Crippen LogP contribution in [0.2, 0.25) is 0 Å². The molecule has 1 saturated heterocycles. The number of phenolic OH excluding ortho intramolecular Hbond substituents is 1. The molecule has 2 N–H and O–H groups in total. The second-order valence-electron chi connectivity index (χ2n) is 4.84. The molecule has 0 saturated carbocycles. The summed E-state index contributed by atoms with van der Waals surface area (Å²) in [7, 11) is -0.921. The van der Waals surface area contributed by atoms with Gasteiger partial charge in [0, 0.05) is 19.7 Å². The molecule has 1 aliphatic heterocycles. The molecule has 1 aliphatic rings. The van der Waals surface area contributed by atoms with Crippen molar-refractivity contribution in [3.05, 3.63) is 18.2 Å². The summed E-state index contributed by atoms with van der Waals surface area (Å²) in [6, 6.07) is 3.37. The van der Waals surface area contributed by atoms with Crippen LogP contribution in [0.5, 0.6) is 11.5 Å². The van der Waals surface area contributed by atoms with E-state index in [1.165, 1.54) is 30.7 Å². The van der Waals surface area contributed by atoms with Crippen LogP contribution in [-0.4, -0.2) is 62.5 Å². The number of ether oxygens (including phenoxy) is 2. The maximum atomic E-state index is 12.6. The lowest BCUT2D eigenvalue weighted by atomic mass is 10.2. The molecule has 0 spiro atoms. The summed E-state index contributed by atoms with van der Waals surface area (Å²) in [6.07, 6.45) is 0.192. The summed E-state index contributed by atoms with van der Waals surface area (Å²) < 4.78 is 36.5. The number of benzene rings is 1. The summed E-state index contributed by atoms with van der Waals surface area (Å²) in [6.45, 7) is -0.0991. The van der Waals surface area contributed by atoms with Crippen molar-refractivity contribution in [2.24, 2.45) is 0 Å². The smallest absolute Gasteiger partial charge is 0.243 e. The molecule has 0 bridgehead atoms. The van der Waals surface area contributed by atoms with E-state index in [0.717, 1.165) is 6.07 Å². The Labute approximate surface area is 123 Å². The van der Waals surface area contributed by atoms with Crippen molar-refractivity contribution in [1.29, 1.82) is 0 Å². The molecular weight excluding hydrogens is 298 g/mol. The van der Waals surface area contributed by atoms with E-state index in [0.29, 0.717) is 6.42 Å². The van der Waals surface area contributed by atoms with Gasteiger partial charge in [0.2, 0.25) is 10.0 Å². The van der Waals surface area contributed by atoms with E-state index in [4.69, 9.17) is 9.47 Å². The summed E-state index contributed by atoms with van der Waals surface area (Å²) in [4.78, 5) is -0.0454. The molecule has 8 heteroatoms. The third-order valence-corrected chi connectivity index (χ3v) is 5.54. The third kappa shape index (κ3) is 2.98. The van der Waals surface area contributed by atoms with Crippen molar-refractivity contribution in [2.75, 3.05) is 27.4 Å². The van der Waals surface area contributed by atoms with Crippen LogP contribution in [0.15, 0.2) is 23.1 Å². The SMILES string of the molecule is COc1ccc(S(=O)(=O)N2C[C@@H](OC)C[C@H]2CO)cc1O. The zero-order chi connectivity index (χ0) is 15.6. The Balaban J connectivity index is 2.35. The van der Waals surface area contributed by atoms with Crippen molar-refractivity contribution in [3.8, 4) is 11.5 Å². The molecule has 2 rings (SSSR count). The number of aliphatic hydroxyl groups is 1. The Kier molecular flexibility index (Phi) is 4.72. The normalized spacial score (nSPS) is 23.4. The largest absolute Gasteiger partial charge is 0.504 e. The predicted molar refractivity (Wildman–Crippen MR) is 74.8 cm³/mol. The molecule has 1 aromatic rings. The highest BCUT2D eigenvalue weighted by Gasteiger charge is 2.40. The van der Waals surface area contributed by atoms with Gasteiger partial charge in [-0.1, -0.05) is 0 Å². The fraction of sp³-hybridized carbons (Fsp3) is 0.538. The Morgan fingerprint density at radius 2 is 2.10 bits per heavy atom. The maximum Gasteiger partial charge on any atom is 0.243 e. The molecule has 1 fully saturated rings. The fourth-order valence-corrected chi connectivity index (χ4v) is 4.12. The highest BCUT2D eigenvalue weighted by molar-refractivity contribution is 7.89. The first-order valence-electron chi connectivity index (χ1n) is 6.46. The topological polar surface area (TPSA) is 96.3 Å². The number of phenols is 1. The summed E-state index contributed by atoms with van der Waals surface area (Å²) >= 11 is 0. The number of nitrogens with zero attached hydrogens (tertiary/aromatic N) is 1. The van der Waals surface area contributed by atoms with Gasteiger partial charge in [-0.25, -0.2) is 8.42 Å². The molecule has 0 aliphatic carbocycles. The van der Waals surface area contributed by atoms with Gasteiger partial charge in [-0.2, -0.15) is 4.31 Å². The molecule has 0 amide bonds. The van der Waals surface area contributed by atoms with Gasteiger partial charge in [-0.3, -0.25) is 0 Å². The zero-order valence-corrected chi connectivity index (χ0v) is 12.7. The summed E-state index contributed by atoms with van der Waals surface area (Å²) in [5.74, 6) is -0.0505. The zero-order valence-electron chi connectivity index (χ0n) is 11.9. The van der Waals surface area contributed by atoms with Gasteiger partial charge in [0.15, 0.2) is 11.5 Å². The molecule has 0 unspecified atom stereocenters. The van der Waals surface area contributed by atoms with E-state index in [9.17, 15) is 18.6 Å². The monoisotopic (exact) mass is 317 g/mol. The first-order chi connectivity index (χ1) is 9.93. The van der Waals surface area contributed by atoms with Crippen LogP contribution in [0.4, 0.5) is 0 Å². The predicted octanol–water partition coefficient (Wildman–Crippen LogP) is 0.171. The molecule has 0 radical (unpaired) electrons. The average Bonchev–Trinajstić information content (AvgIpc) is 2.91. The van der Waals surface area contributed by atoms with Crippen LogP contribution in [0.1, 0.15) is 6.42 Å². The first kappa shape index (κ1) is 16.0. The highest BCUT2D eigenvalue weighted by atomic mass is 32.2. The van der Waals surface area contributed by atoms with Crippen LogP contribution in [-0.2, 0) is 14.8 Å². The number of hydrogen-bond acceptors (Lipinski definition) is 6. The van der Waals surface area contributed by atoms with E-state index in [2.05, 4.69) is 0 Å². The standard InChI is InChI=1S/C13H19NO6S/c1-19-10-5-9(8-15)14(7-10)21(17,18)11-3-4-13(20-2)12(16)6-11/h3-4,6,9-10,15-16H,5,7-8H2,1-2H3/t9-,10-/m0/s1. The number of rotatable bonds is 5. The molecule has 118 valence electrons. The Hall–Kier alpha value is -1.35. The average molecular weight is 317 g/mol. The Morgan fingerprint density at radius 3 is 2.62 bits per heavy atom. The van der Waals surface area contributed by atoms with E-state index in [-0.39, 0.29) is 35.7 Å². The lowest BCUT2D eigenvalue weighted by Crippen LogP contribution is -2.38. The molecule has 21 heavy (non-hydrogen) atoms. The van der Waals surface area contributed by atoms with Crippen molar-refractivity contribution in [3.63, 3.8) is 0 Å². The van der Waals surface area contributed by atoms with E-state index >= 15 is 0 Å². The lowest BCUT2D eigenvalue weighted by molar-refractivity contribution is 0.113. The third-order valence-electron chi connectivity index (χ3n) is 3.63. The van der Waals surface area contributed by atoms with Gasteiger partial charge in [-0.15, -0.1) is 0 Å². The minimum absolute atomic E-state index is 0.0454. The number of methoxy groups -OCH3 is 2. The van der Waals surface area contributed by atoms with Crippen LogP contribution in [0.3, 0.4) is 0 Å². The molecule has 1 aromatic carbocycles. The quantitative estimate of drug-likeness (QED) is 0.804. The maximum absolute atomic E-state index is 12.6. The Bertz CT molecular complexity index is 603. The number of hydrogen-bond donors (Lipinski definition) is 2. The summed E-state index contributed by atoms with van der Waals surface area (Å²) in [5, 5.41) is 19.1. The minimum atomic E-state index is -3.81. The van der Waals surface area contributed by atoms with E-state index < -0.39 is 16.1 Å². The van der Waals surface area contributed by atoms with Gasteiger partial charge in [0.1, 0.15) is 0 Å². The first-order valence-corrected chi connectivity index (χ1v) is 7.90. The minimum Gasteiger partial charge on any atom is -0.504 e. The Morgan fingerprint density at radius 1 is 1.38 bits per heavy atom. The van der Waals surface area contributed by atoms with Crippen molar-refractivity contribution in [2.45, 2.75) is 23.5 Å². The van der Waals surface area contributed by atoms with Crippen molar-refractivity contribution in [1.82, 2.24) is 4.31 Å². The van der Waals surface area contributed by atoms with Crippen LogP contribution < -0.4 is 4.74 Å². The molecule has 1 heterocycles. The fourth-order valence-electron chi connectivity index (χ4n) is 2.44. The molecule has 2 atom stereocenters. The molecule has 7 nitrogen and oxygen atoms in total. The van der Waals surface area contributed by atoms with Gasteiger partial charge >= 0.3 is 0 Å².